The number of rotatable bonds is 6. The zero-order chi connectivity index (χ0) is 20.4. The molecule has 0 amide bonds. The predicted octanol–water partition coefficient (Wildman–Crippen LogP) is 3.37. The number of nitrogens with zero attached hydrogens (tertiary/aromatic N) is 3. The average molecular weight is 391 g/mol. The molecule has 0 saturated carbocycles. The summed E-state index contributed by atoms with van der Waals surface area (Å²) < 4.78 is 17.7. The maximum absolute atomic E-state index is 11.4. The van der Waals surface area contributed by atoms with Gasteiger partial charge < -0.3 is 18.8 Å². The lowest BCUT2D eigenvalue weighted by Gasteiger charge is -2.11. The van der Waals surface area contributed by atoms with Gasteiger partial charge in [0, 0.05) is 18.0 Å². The van der Waals surface area contributed by atoms with Gasteiger partial charge in [0.2, 0.25) is 0 Å². The lowest BCUT2D eigenvalue weighted by molar-refractivity contribution is -0.139. The second-order valence-corrected chi connectivity index (χ2v) is 6.66. The third-order valence-corrected chi connectivity index (χ3v) is 4.90. The van der Waals surface area contributed by atoms with Crippen molar-refractivity contribution in [2.75, 3.05) is 21.3 Å². The quantitative estimate of drug-likeness (QED) is 0.469. The highest BCUT2D eigenvalue weighted by Crippen LogP contribution is 2.34. The summed E-state index contributed by atoms with van der Waals surface area (Å²) in [5.41, 5.74) is 4.62. The molecule has 4 aromatic rings. The van der Waals surface area contributed by atoms with Gasteiger partial charge in [-0.1, -0.05) is 24.3 Å². The largest absolute Gasteiger partial charge is 0.493 e. The first kappa shape index (κ1) is 18.7. The SMILES string of the molecule is COC(=O)Cc1ccc(Cn2cnc3cnc4cc(OC)c(OC)cc4c32)cc1. The van der Waals surface area contributed by atoms with Gasteiger partial charge in [-0.25, -0.2) is 4.98 Å². The molecule has 0 N–H and O–H groups in total. The molecule has 7 heteroatoms. The van der Waals surface area contributed by atoms with Crippen molar-refractivity contribution in [1.82, 2.24) is 14.5 Å². The maximum Gasteiger partial charge on any atom is 0.309 e. The molecular weight excluding hydrogens is 370 g/mol. The van der Waals surface area contributed by atoms with Crippen LogP contribution in [-0.4, -0.2) is 41.8 Å². The van der Waals surface area contributed by atoms with Gasteiger partial charge in [0.25, 0.3) is 0 Å². The number of aromatic nitrogens is 3. The van der Waals surface area contributed by atoms with E-state index in [1.54, 1.807) is 20.4 Å². The second-order valence-electron chi connectivity index (χ2n) is 6.66. The van der Waals surface area contributed by atoms with Crippen LogP contribution in [0.5, 0.6) is 11.5 Å². The summed E-state index contributed by atoms with van der Waals surface area (Å²) in [6.45, 7) is 0.641. The molecule has 0 fully saturated rings. The molecule has 2 aromatic heterocycles. The molecule has 0 spiro atoms. The van der Waals surface area contributed by atoms with Crippen molar-refractivity contribution in [3.05, 3.63) is 60.0 Å². The Bertz CT molecular complexity index is 1180. The first-order valence-electron chi connectivity index (χ1n) is 9.13. The minimum absolute atomic E-state index is 0.248. The third-order valence-electron chi connectivity index (χ3n) is 4.90. The number of fused-ring (bicyclic) bond motifs is 3. The van der Waals surface area contributed by atoms with Gasteiger partial charge in [0.05, 0.1) is 51.3 Å². The molecule has 2 heterocycles. The summed E-state index contributed by atoms with van der Waals surface area (Å²) in [6, 6.07) is 11.7. The number of hydrogen-bond donors (Lipinski definition) is 0. The van der Waals surface area contributed by atoms with Crippen molar-refractivity contribution in [1.29, 1.82) is 0 Å². The Morgan fingerprint density at radius 1 is 0.931 bits per heavy atom. The fraction of sp³-hybridized carbons (Fsp3) is 0.227. The van der Waals surface area contributed by atoms with Crippen LogP contribution in [0.15, 0.2) is 48.9 Å². The molecule has 0 unspecified atom stereocenters. The van der Waals surface area contributed by atoms with Gasteiger partial charge >= 0.3 is 5.97 Å². The molecule has 0 aliphatic rings. The van der Waals surface area contributed by atoms with Crippen LogP contribution in [0.2, 0.25) is 0 Å². The van der Waals surface area contributed by atoms with Crippen molar-refractivity contribution in [3.8, 4) is 11.5 Å². The predicted molar refractivity (Wildman–Crippen MR) is 109 cm³/mol. The maximum atomic E-state index is 11.4. The van der Waals surface area contributed by atoms with Gasteiger partial charge in [-0.2, -0.15) is 0 Å². The fourth-order valence-electron chi connectivity index (χ4n) is 3.40. The van der Waals surface area contributed by atoms with E-state index in [1.807, 2.05) is 42.7 Å². The molecule has 0 radical (unpaired) electrons. The van der Waals surface area contributed by atoms with E-state index >= 15 is 0 Å². The van der Waals surface area contributed by atoms with Crippen LogP contribution in [0.3, 0.4) is 0 Å². The van der Waals surface area contributed by atoms with E-state index in [-0.39, 0.29) is 12.4 Å². The van der Waals surface area contributed by atoms with Gasteiger partial charge in [-0.05, 0) is 17.2 Å². The Morgan fingerprint density at radius 2 is 1.62 bits per heavy atom. The van der Waals surface area contributed by atoms with E-state index in [9.17, 15) is 4.79 Å². The molecule has 148 valence electrons. The standard InChI is InChI=1S/C22H21N3O4/c1-27-19-9-16-17(10-20(19)28-2)23-11-18-22(16)25(13-24-18)12-15-6-4-14(5-7-15)8-21(26)29-3/h4-7,9-11,13H,8,12H2,1-3H3. The third kappa shape index (κ3) is 3.59. The lowest BCUT2D eigenvalue weighted by Crippen LogP contribution is -2.05. The van der Waals surface area contributed by atoms with Gasteiger partial charge in [0.1, 0.15) is 5.52 Å². The zero-order valence-electron chi connectivity index (χ0n) is 16.5. The van der Waals surface area contributed by atoms with Crippen LogP contribution >= 0.6 is 0 Å². The lowest BCUT2D eigenvalue weighted by atomic mass is 10.1. The van der Waals surface area contributed by atoms with Gasteiger partial charge in [-0.3, -0.25) is 9.78 Å². The van der Waals surface area contributed by atoms with E-state index in [4.69, 9.17) is 14.2 Å². The van der Waals surface area contributed by atoms with Crippen molar-refractivity contribution >= 4 is 27.9 Å². The summed E-state index contributed by atoms with van der Waals surface area (Å²) in [4.78, 5) is 20.4. The number of carbonyl (C=O) groups is 1. The van der Waals surface area contributed by atoms with Gasteiger partial charge in [0.15, 0.2) is 11.5 Å². The van der Waals surface area contributed by atoms with Crippen molar-refractivity contribution in [2.24, 2.45) is 0 Å². The summed E-state index contributed by atoms with van der Waals surface area (Å²) >= 11 is 0. The normalized spacial score (nSPS) is 11.0. The summed E-state index contributed by atoms with van der Waals surface area (Å²) in [7, 11) is 4.62. The highest BCUT2D eigenvalue weighted by atomic mass is 16.5. The smallest absolute Gasteiger partial charge is 0.309 e. The Labute approximate surface area is 167 Å². The van der Waals surface area contributed by atoms with E-state index in [1.165, 1.54) is 7.11 Å². The number of imidazole rings is 1. The molecule has 0 saturated heterocycles. The van der Waals surface area contributed by atoms with E-state index in [0.717, 1.165) is 33.1 Å². The van der Waals surface area contributed by atoms with Crippen molar-refractivity contribution < 1.29 is 19.0 Å². The van der Waals surface area contributed by atoms with Crippen molar-refractivity contribution in [3.63, 3.8) is 0 Å². The molecule has 2 aromatic carbocycles. The number of esters is 1. The van der Waals surface area contributed by atoms with Crippen LogP contribution in [0.4, 0.5) is 0 Å². The highest BCUT2D eigenvalue weighted by Gasteiger charge is 2.13. The second kappa shape index (κ2) is 7.79. The summed E-state index contributed by atoms with van der Waals surface area (Å²) in [5, 5.41) is 0.944. The molecule has 7 nitrogen and oxygen atoms in total. The Balaban J connectivity index is 1.72. The molecule has 0 atom stereocenters. The van der Waals surface area contributed by atoms with E-state index in [0.29, 0.717) is 18.0 Å². The minimum Gasteiger partial charge on any atom is -0.493 e. The molecular formula is C22H21N3O4. The Hall–Kier alpha value is -3.61. The number of hydrogen-bond acceptors (Lipinski definition) is 6. The van der Waals surface area contributed by atoms with Crippen LogP contribution in [0.1, 0.15) is 11.1 Å². The molecule has 4 rings (SSSR count). The topological polar surface area (TPSA) is 75.5 Å². The van der Waals surface area contributed by atoms with Crippen LogP contribution in [0, 0.1) is 0 Å². The first-order chi connectivity index (χ1) is 14.1. The summed E-state index contributed by atoms with van der Waals surface area (Å²) in [6.07, 6.45) is 3.84. The number of pyridine rings is 1. The zero-order valence-corrected chi connectivity index (χ0v) is 16.5. The Kier molecular flexibility index (Phi) is 5.03. The minimum atomic E-state index is -0.248. The first-order valence-corrected chi connectivity index (χ1v) is 9.13. The monoisotopic (exact) mass is 391 g/mol. The molecule has 0 aliphatic carbocycles. The van der Waals surface area contributed by atoms with E-state index in [2.05, 4.69) is 14.5 Å². The van der Waals surface area contributed by atoms with E-state index < -0.39 is 0 Å². The number of carbonyl (C=O) groups excluding carboxylic acids is 1. The molecule has 29 heavy (non-hydrogen) atoms. The number of ether oxygens (including phenoxy) is 3. The number of benzene rings is 2. The molecule has 0 aliphatic heterocycles. The van der Waals surface area contributed by atoms with Crippen LogP contribution in [0.25, 0.3) is 21.9 Å². The molecule has 0 bridgehead atoms. The number of methoxy groups -OCH3 is 3. The fourth-order valence-corrected chi connectivity index (χ4v) is 3.40. The van der Waals surface area contributed by atoms with Gasteiger partial charge in [-0.15, -0.1) is 0 Å². The highest BCUT2D eigenvalue weighted by molar-refractivity contribution is 6.03. The average Bonchev–Trinajstić information content (AvgIpc) is 3.17. The van der Waals surface area contributed by atoms with Crippen LogP contribution in [-0.2, 0) is 22.5 Å². The van der Waals surface area contributed by atoms with Crippen LogP contribution < -0.4 is 9.47 Å². The Morgan fingerprint density at radius 3 is 2.31 bits per heavy atom. The van der Waals surface area contributed by atoms with Crippen molar-refractivity contribution in [2.45, 2.75) is 13.0 Å². The summed E-state index contributed by atoms with van der Waals surface area (Å²) in [5.74, 6) is 1.04.